The van der Waals surface area contributed by atoms with Crippen LogP contribution in [-0.4, -0.2) is 26.5 Å². The average Bonchev–Trinajstić information content (AvgIpc) is 2.86. The molecule has 0 unspecified atom stereocenters. The quantitative estimate of drug-likeness (QED) is 0.601. The predicted octanol–water partition coefficient (Wildman–Crippen LogP) is 0.465. The van der Waals surface area contributed by atoms with Gasteiger partial charge in [0.2, 0.25) is 0 Å². The van der Waals surface area contributed by atoms with Crippen LogP contribution in [0.15, 0.2) is 24.8 Å². The van der Waals surface area contributed by atoms with Gasteiger partial charge in [-0.2, -0.15) is 0 Å². The second-order valence-corrected chi connectivity index (χ2v) is 3.00. The summed E-state index contributed by atoms with van der Waals surface area (Å²) >= 11 is 0. The lowest BCUT2D eigenvalue weighted by Crippen LogP contribution is -2.17. The molecule has 0 spiro atoms. The fraction of sp³-hybridized carbons (Fsp3) is 0.333. The van der Waals surface area contributed by atoms with E-state index in [1.54, 1.807) is 12.4 Å². The minimum Gasteiger partial charge on any atom is -0.349 e. The van der Waals surface area contributed by atoms with Crippen molar-refractivity contribution in [3.05, 3.63) is 36.4 Å². The van der Waals surface area contributed by atoms with Crippen LogP contribution < -0.4 is 5.32 Å². The number of aromatic amines is 2. The molecule has 2 aromatic heterocycles. The summed E-state index contributed by atoms with van der Waals surface area (Å²) < 4.78 is 0. The topological polar surface area (TPSA) is 69.4 Å². The maximum absolute atomic E-state index is 4.13. The standard InChI is InChI=1S/C9H13N5/c1(8-11-3-4-12-8)2-10-7-9-13-5-6-14-9/h3-6,10H,1-2,7H2,(H,11,12)(H,13,14). The molecule has 2 heterocycles. The van der Waals surface area contributed by atoms with Crippen LogP contribution in [0.2, 0.25) is 0 Å². The van der Waals surface area contributed by atoms with Crippen LogP contribution in [0.1, 0.15) is 11.6 Å². The molecule has 2 rings (SSSR count). The summed E-state index contributed by atoms with van der Waals surface area (Å²) in [7, 11) is 0. The van der Waals surface area contributed by atoms with Gasteiger partial charge in [0.25, 0.3) is 0 Å². The Balaban J connectivity index is 1.65. The third kappa shape index (κ3) is 2.43. The minimum atomic E-state index is 0.772. The van der Waals surface area contributed by atoms with Crippen molar-refractivity contribution in [2.24, 2.45) is 0 Å². The Morgan fingerprint density at radius 2 is 1.79 bits per heavy atom. The molecule has 2 aromatic rings. The third-order valence-corrected chi connectivity index (χ3v) is 1.94. The smallest absolute Gasteiger partial charge is 0.120 e. The number of H-pyrrole nitrogens is 2. The maximum Gasteiger partial charge on any atom is 0.120 e. The highest BCUT2D eigenvalue weighted by atomic mass is 15.0. The van der Waals surface area contributed by atoms with Gasteiger partial charge in [-0.05, 0) is 0 Å². The lowest BCUT2D eigenvalue weighted by Gasteiger charge is -2.00. The van der Waals surface area contributed by atoms with Gasteiger partial charge in [0.05, 0.1) is 6.54 Å². The molecule has 0 fully saturated rings. The molecular weight excluding hydrogens is 178 g/mol. The van der Waals surface area contributed by atoms with Crippen molar-refractivity contribution < 1.29 is 0 Å². The first-order chi connectivity index (χ1) is 6.95. The molecule has 0 aromatic carbocycles. The van der Waals surface area contributed by atoms with E-state index in [1.165, 1.54) is 0 Å². The van der Waals surface area contributed by atoms with Crippen LogP contribution in [0.5, 0.6) is 0 Å². The SMILES string of the molecule is c1c[nH]c(CCNCc2ncc[nH]2)n1. The molecular formula is C9H13N5. The van der Waals surface area contributed by atoms with Gasteiger partial charge in [-0.15, -0.1) is 0 Å². The van der Waals surface area contributed by atoms with Gasteiger partial charge in [0.1, 0.15) is 11.6 Å². The molecule has 0 aliphatic carbocycles. The summed E-state index contributed by atoms with van der Waals surface area (Å²) in [4.78, 5) is 14.3. The van der Waals surface area contributed by atoms with E-state index in [1.807, 2.05) is 12.4 Å². The van der Waals surface area contributed by atoms with Crippen LogP contribution in [0.4, 0.5) is 0 Å². The molecule has 0 atom stereocenters. The molecule has 0 aliphatic rings. The molecule has 0 saturated carbocycles. The average molecular weight is 191 g/mol. The van der Waals surface area contributed by atoms with Crippen LogP contribution in [0, 0.1) is 0 Å². The Hall–Kier alpha value is -1.62. The predicted molar refractivity (Wildman–Crippen MR) is 52.6 cm³/mol. The molecule has 0 amide bonds. The molecule has 3 N–H and O–H groups in total. The Bertz CT molecular complexity index is 301. The number of hydrogen-bond donors (Lipinski definition) is 3. The van der Waals surface area contributed by atoms with Crippen LogP contribution >= 0.6 is 0 Å². The Morgan fingerprint density at radius 3 is 2.43 bits per heavy atom. The van der Waals surface area contributed by atoms with Crippen molar-refractivity contribution in [1.82, 2.24) is 25.3 Å². The van der Waals surface area contributed by atoms with E-state index in [2.05, 4.69) is 25.3 Å². The number of nitrogens with one attached hydrogen (secondary N) is 3. The van der Waals surface area contributed by atoms with Gasteiger partial charge in [-0.3, -0.25) is 0 Å². The molecule has 0 saturated heterocycles. The van der Waals surface area contributed by atoms with Gasteiger partial charge in [0, 0.05) is 37.8 Å². The van der Waals surface area contributed by atoms with E-state index in [0.29, 0.717) is 0 Å². The number of nitrogens with zero attached hydrogens (tertiary/aromatic N) is 2. The fourth-order valence-corrected chi connectivity index (χ4v) is 1.24. The first kappa shape index (κ1) is 8.96. The normalized spacial score (nSPS) is 10.6. The molecule has 14 heavy (non-hydrogen) atoms. The van der Waals surface area contributed by atoms with E-state index in [0.717, 1.165) is 31.2 Å². The molecule has 0 radical (unpaired) electrons. The minimum absolute atomic E-state index is 0.772. The van der Waals surface area contributed by atoms with Gasteiger partial charge in [0.15, 0.2) is 0 Å². The van der Waals surface area contributed by atoms with Crippen molar-refractivity contribution >= 4 is 0 Å². The van der Waals surface area contributed by atoms with E-state index >= 15 is 0 Å². The molecule has 0 aliphatic heterocycles. The van der Waals surface area contributed by atoms with Gasteiger partial charge >= 0.3 is 0 Å². The monoisotopic (exact) mass is 191 g/mol. The van der Waals surface area contributed by atoms with Crippen molar-refractivity contribution in [1.29, 1.82) is 0 Å². The molecule has 0 bridgehead atoms. The third-order valence-electron chi connectivity index (χ3n) is 1.94. The summed E-state index contributed by atoms with van der Waals surface area (Å²) in [6.07, 6.45) is 8.09. The van der Waals surface area contributed by atoms with Crippen molar-refractivity contribution in [3.8, 4) is 0 Å². The number of rotatable bonds is 5. The van der Waals surface area contributed by atoms with Crippen molar-refractivity contribution in [2.75, 3.05) is 6.54 Å². The second-order valence-electron chi connectivity index (χ2n) is 3.00. The van der Waals surface area contributed by atoms with Crippen LogP contribution in [-0.2, 0) is 13.0 Å². The Kier molecular flexibility index (Phi) is 2.92. The van der Waals surface area contributed by atoms with Crippen molar-refractivity contribution in [2.45, 2.75) is 13.0 Å². The van der Waals surface area contributed by atoms with E-state index < -0.39 is 0 Å². The number of hydrogen-bond acceptors (Lipinski definition) is 3. The first-order valence-corrected chi connectivity index (χ1v) is 4.62. The summed E-state index contributed by atoms with van der Waals surface area (Å²) in [5.41, 5.74) is 0. The van der Waals surface area contributed by atoms with Gasteiger partial charge in [-0.25, -0.2) is 9.97 Å². The number of imidazole rings is 2. The fourth-order valence-electron chi connectivity index (χ4n) is 1.24. The van der Waals surface area contributed by atoms with Gasteiger partial charge < -0.3 is 15.3 Å². The molecule has 74 valence electrons. The van der Waals surface area contributed by atoms with E-state index in [4.69, 9.17) is 0 Å². The summed E-state index contributed by atoms with van der Waals surface area (Å²) in [5, 5.41) is 3.27. The summed E-state index contributed by atoms with van der Waals surface area (Å²) in [6, 6.07) is 0. The number of aromatic nitrogens is 4. The summed E-state index contributed by atoms with van der Waals surface area (Å²) in [5.74, 6) is 1.97. The first-order valence-electron chi connectivity index (χ1n) is 4.62. The lowest BCUT2D eigenvalue weighted by atomic mass is 10.4. The Morgan fingerprint density at radius 1 is 1.07 bits per heavy atom. The lowest BCUT2D eigenvalue weighted by molar-refractivity contribution is 0.654. The van der Waals surface area contributed by atoms with E-state index in [9.17, 15) is 0 Å². The highest BCUT2D eigenvalue weighted by molar-refractivity contribution is 4.89. The van der Waals surface area contributed by atoms with E-state index in [-0.39, 0.29) is 0 Å². The molecule has 5 nitrogen and oxygen atoms in total. The largest absolute Gasteiger partial charge is 0.349 e. The zero-order chi connectivity index (χ0) is 9.64. The molecule has 5 heteroatoms. The highest BCUT2D eigenvalue weighted by Crippen LogP contribution is 1.90. The Labute approximate surface area is 82.0 Å². The zero-order valence-corrected chi connectivity index (χ0v) is 7.83. The van der Waals surface area contributed by atoms with Crippen molar-refractivity contribution in [3.63, 3.8) is 0 Å². The second kappa shape index (κ2) is 4.57. The van der Waals surface area contributed by atoms with Crippen LogP contribution in [0.25, 0.3) is 0 Å². The van der Waals surface area contributed by atoms with Gasteiger partial charge in [-0.1, -0.05) is 0 Å². The van der Waals surface area contributed by atoms with Crippen LogP contribution in [0.3, 0.4) is 0 Å². The highest BCUT2D eigenvalue weighted by Gasteiger charge is 1.95. The maximum atomic E-state index is 4.13. The zero-order valence-electron chi connectivity index (χ0n) is 7.83. The summed E-state index contributed by atoms with van der Waals surface area (Å²) in [6.45, 7) is 1.67.